The van der Waals surface area contributed by atoms with Crippen molar-refractivity contribution < 1.29 is 4.42 Å². The summed E-state index contributed by atoms with van der Waals surface area (Å²) in [5.41, 5.74) is 13.5. The number of para-hydroxylation sites is 3. The van der Waals surface area contributed by atoms with E-state index >= 15 is 0 Å². The van der Waals surface area contributed by atoms with Gasteiger partial charge in [-0.15, -0.1) is 0 Å². The highest BCUT2D eigenvalue weighted by atomic mass is 16.3. The molecule has 0 N–H and O–H groups in total. The monoisotopic (exact) mass is 729 g/mol. The first-order valence-corrected chi connectivity index (χ1v) is 19.3. The zero-order valence-corrected chi connectivity index (χ0v) is 31.0. The molecule has 0 aliphatic rings. The van der Waals surface area contributed by atoms with E-state index in [4.69, 9.17) is 9.40 Å². The van der Waals surface area contributed by atoms with Gasteiger partial charge in [-0.2, -0.15) is 0 Å². The number of fused-ring (bicyclic) bond motifs is 6. The Hall–Kier alpha value is -7.69. The topological polar surface area (TPSA) is 34.2 Å². The zero-order chi connectivity index (χ0) is 37.7. The van der Waals surface area contributed by atoms with Gasteiger partial charge in [0.1, 0.15) is 5.52 Å². The van der Waals surface area contributed by atoms with E-state index in [1.54, 1.807) is 0 Å². The van der Waals surface area contributed by atoms with Gasteiger partial charge in [0.2, 0.25) is 5.89 Å². The van der Waals surface area contributed by atoms with Crippen LogP contribution in [0.3, 0.4) is 0 Å². The van der Waals surface area contributed by atoms with Crippen LogP contribution in [0.2, 0.25) is 0 Å². The lowest BCUT2D eigenvalue weighted by Crippen LogP contribution is -2.11. The molecule has 0 amide bonds. The first-order chi connectivity index (χ1) is 28.3. The van der Waals surface area contributed by atoms with Crippen molar-refractivity contribution in [3.05, 3.63) is 212 Å². The van der Waals surface area contributed by atoms with Crippen LogP contribution in [0.25, 0.3) is 83.1 Å². The van der Waals surface area contributed by atoms with E-state index in [1.165, 1.54) is 32.6 Å². The van der Waals surface area contributed by atoms with Gasteiger partial charge in [0.05, 0.1) is 16.7 Å². The lowest BCUT2D eigenvalue weighted by molar-refractivity contribution is 0.621. The van der Waals surface area contributed by atoms with Crippen molar-refractivity contribution in [1.29, 1.82) is 0 Å². The highest BCUT2D eigenvalue weighted by Crippen LogP contribution is 2.46. The van der Waals surface area contributed by atoms with Gasteiger partial charge in [-0.1, -0.05) is 140 Å². The fourth-order valence-corrected chi connectivity index (χ4v) is 8.42. The summed E-state index contributed by atoms with van der Waals surface area (Å²) in [6.45, 7) is 0. The molecule has 0 aliphatic heterocycles. The molecule has 0 saturated heterocycles. The Balaban J connectivity index is 1.18. The molecule has 4 heteroatoms. The van der Waals surface area contributed by atoms with Crippen LogP contribution in [0.1, 0.15) is 0 Å². The summed E-state index contributed by atoms with van der Waals surface area (Å²) >= 11 is 0. The van der Waals surface area contributed by atoms with Crippen LogP contribution in [0.4, 0.5) is 17.1 Å². The quantitative estimate of drug-likeness (QED) is 0.164. The van der Waals surface area contributed by atoms with Crippen molar-refractivity contribution in [2.24, 2.45) is 0 Å². The van der Waals surface area contributed by atoms with Gasteiger partial charge < -0.3 is 13.9 Å². The first-order valence-electron chi connectivity index (χ1n) is 19.3. The van der Waals surface area contributed by atoms with E-state index < -0.39 is 0 Å². The minimum Gasteiger partial charge on any atom is -0.435 e. The minimum atomic E-state index is 0.607. The number of anilines is 3. The Morgan fingerprint density at radius 2 is 1.09 bits per heavy atom. The average Bonchev–Trinajstić information content (AvgIpc) is 3.88. The second kappa shape index (κ2) is 13.6. The van der Waals surface area contributed by atoms with Crippen LogP contribution in [-0.2, 0) is 0 Å². The molecule has 0 spiro atoms. The maximum Gasteiger partial charge on any atom is 0.227 e. The number of hydrogen-bond acceptors (Lipinski definition) is 3. The predicted molar refractivity (Wildman–Crippen MR) is 237 cm³/mol. The van der Waals surface area contributed by atoms with Crippen molar-refractivity contribution in [2.45, 2.75) is 0 Å². The molecule has 0 saturated carbocycles. The van der Waals surface area contributed by atoms with Crippen LogP contribution < -0.4 is 4.90 Å². The van der Waals surface area contributed by atoms with Gasteiger partial charge in [-0.05, 0) is 94.7 Å². The third-order valence-corrected chi connectivity index (χ3v) is 11.0. The van der Waals surface area contributed by atoms with Crippen molar-refractivity contribution in [2.75, 3.05) is 4.90 Å². The Bertz CT molecular complexity index is 3240. The second-order valence-electron chi connectivity index (χ2n) is 14.4. The summed E-state index contributed by atoms with van der Waals surface area (Å²) < 4.78 is 9.01. The number of benzene rings is 9. The zero-order valence-electron chi connectivity index (χ0n) is 31.0. The molecule has 0 radical (unpaired) electrons. The summed E-state index contributed by atoms with van der Waals surface area (Å²) in [6.07, 6.45) is 0. The van der Waals surface area contributed by atoms with Crippen LogP contribution in [0.15, 0.2) is 217 Å². The molecule has 0 aliphatic carbocycles. The number of hydrogen-bond donors (Lipinski definition) is 0. The Morgan fingerprint density at radius 3 is 1.93 bits per heavy atom. The lowest BCUT2D eigenvalue weighted by atomic mass is 9.99. The first kappa shape index (κ1) is 32.7. The summed E-state index contributed by atoms with van der Waals surface area (Å²) in [5.74, 6) is 0.607. The fraction of sp³-hybridized carbons (Fsp3) is 0. The maximum atomic E-state index is 6.62. The molecule has 0 fully saturated rings. The Labute approximate surface area is 330 Å². The van der Waals surface area contributed by atoms with Crippen molar-refractivity contribution >= 4 is 60.7 Å². The van der Waals surface area contributed by atoms with Crippen LogP contribution in [-0.4, -0.2) is 9.55 Å². The summed E-state index contributed by atoms with van der Waals surface area (Å²) in [5, 5.41) is 4.88. The SMILES string of the molecule is c1ccc(-c2cccc(N(c3ccc4c(c3)c3c5ccccc5ccc3n4-c3ccccc3)c3ccccc3-c3cccc4nc(-c5ccccc5)oc34)c2)cc1. The van der Waals surface area contributed by atoms with Crippen LogP contribution in [0, 0.1) is 0 Å². The normalized spacial score (nSPS) is 11.5. The molecule has 0 bridgehead atoms. The van der Waals surface area contributed by atoms with Gasteiger partial charge in [0.15, 0.2) is 5.58 Å². The molecular formula is C53H35N3O. The summed E-state index contributed by atoms with van der Waals surface area (Å²) in [4.78, 5) is 7.33. The van der Waals surface area contributed by atoms with E-state index in [2.05, 4.69) is 185 Å². The number of nitrogens with zero attached hydrogens (tertiary/aromatic N) is 3. The van der Waals surface area contributed by atoms with E-state index in [0.29, 0.717) is 5.89 Å². The van der Waals surface area contributed by atoms with E-state index in [1.807, 2.05) is 36.4 Å². The third-order valence-electron chi connectivity index (χ3n) is 11.0. The van der Waals surface area contributed by atoms with Gasteiger partial charge in [-0.3, -0.25) is 0 Å². The average molecular weight is 730 g/mol. The van der Waals surface area contributed by atoms with Gasteiger partial charge in [0, 0.05) is 44.5 Å². The molecule has 0 unspecified atom stereocenters. The van der Waals surface area contributed by atoms with Crippen LogP contribution >= 0.6 is 0 Å². The van der Waals surface area contributed by atoms with Crippen molar-refractivity contribution in [3.63, 3.8) is 0 Å². The molecule has 11 aromatic rings. The Morgan fingerprint density at radius 1 is 0.439 bits per heavy atom. The van der Waals surface area contributed by atoms with E-state index in [-0.39, 0.29) is 0 Å². The molecule has 57 heavy (non-hydrogen) atoms. The maximum absolute atomic E-state index is 6.62. The standard InChI is InChI=1S/C53H35N3O/c1-4-16-36(17-5-1)39-21-14-24-41(34-39)55(48-29-13-12-26-44(48)45-27-15-28-47-52(45)57-53(54-47)38-19-6-2-7-20-38)42-31-33-49-46(35-42)51-43-25-11-10-18-37(43)30-32-50(51)56(49)40-22-8-3-9-23-40/h1-35H. The highest BCUT2D eigenvalue weighted by molar-refractivity contribution is 6.22. The molecule has 11 rings (SSSR count). The summed E-state index contributed by atoms with van der Waals surface area (Å²) in [7, 11) is 0. The second-order valence-corrected chi connectivity index (χ2v) is 14.4. The molecule has 9 aromatic carbocycles. The molecular weight excluding hydrogens is 695 g/mol. The van der Waals surface area contributed by atoms with Crippen molar-refractivity contribution in [3.8, 4) is 39.4 Å². The lowest BCUT2D eigenvalue weighted by Gasteiger charge is -2.28. The van der Waals surface area contributed by atoms with Crippen LogP contribution in [0.5, 0.6) is 0 Å². The Kier molecular flexibility index (Phi) is 7.78. The van der Waals surface area contributed by atoms with Gasteiger partial charge in [0.25, 0.3) is 0 Å². The molecule has 268 valence electrons. The third kappa shape index (κ3) is 5.58. The van der Waals surface area contributed by atoms with E-state index in [9.17, 15) is 0 Å². The molecule has 0 atom stereocenters. The molecule has 4 nitrogen and oxygen atoms in total. The minimum absolute atomic E-state index is 0.607. The van der Waals surface area contributed by atoms with Gasteiger partial charge >= 0.3 is 0 Å². The summed E-state index contributed by atoms with van der Waals surface area (Å²) in [6, 6.07) is 75.2. The molecule has 2 aromatic heterocycles. The fourth-order valence-electron chi connectivity index (χ4n) is 8.42. The largest absolute Gasteiger partial charge is 0.435 e. The predicted octanol–water partition coefficient (Wildman–Crippen LogP) is 14.5. The smallest absolute Gasteiger partial charge is 0.227 e. The van der Waals surface area contributed by atoms with Crippen molar-refractivity contribution in [1.82, 2.24) is 9.55 Å². The number of rotatable bonds is 7. The number of aromatic nitrogens is 2. The van der Waals surface area contributed by atoms with E-state index in [0.717, 1.165) is 61.6 Å². The number of oxazole rings is 1. The molecule has 2 heterocycles. The van der Waals surface area contributed by atoms with Gasteiger partial charge in [-0.25, -0.2) is 4.98 Å². The highest BCUT2D eigenvalue weighted by Gasteiger charge is 2.23.